The first-order valence-corrected chi connectivity index (χ1v) is 7.86. The fourth-order valence-corrected chi connectivity index (χ4v) is 3.24. The molecule has 0 saturated carbocycles. The minimum atomic E-state index is -3.87. The van der Waals surface area contributed by atoms with Crippen molar-refractivity contribution in [3.63, 3.8) is 0 Å². The number of nitrogens with zero attached hydrogens (tertiary/aromatic N) is 3. The van der Waals surface area contributed by atoms with Crippen LogP contribution in [0.3, 0.4) is 0 Å². The Morgan fingerprint density at radius 2 is 1.95 bits per heavy atom. The lowest BCUT2D eigenvalue weighted by molar-refractivity contribution is -0.122. The van der Waals surface area contributed by atoms with Gasteiger partial charge in [0.2, 0.25) is 15.9 Å². The van der Waals surface area contributed by atoms with Gasteiger partial charge in [-0.15, -0.1) is 0 Å². The highest BCUT2D eigenvalue weighted by Crippen LogP contribution is 2.24. The summed E-state index contributed by atoms with van der Waals surface area (Å²) in [4.78, 5) is 11.8. The lowest BCUT2D eigenvalue weighted by atomic mass is 10.1. The molecule has 3 N–H and O–H groups in total. The number of hydrogen-bond donors (Lipinski definition) is 2. The molecule has 0 spiro atoms. The summed E-state index contributed by atoms with van der Waals surface area (Å²) < 4.78 is 27.4. The molecule has 21 heavy (non-hydrogen) atoms. The van der Waals surface area contributed by atoms with E-state index in [2.05, 4.69) is 10.4 Å². The van der Waals surface area contributed by atoms with E-state index >= 15 is 0 Å². The minimum absolute atomic E-state index is 0.0592. The van der Waals surface area contributed by atoms with E-state index in [9.17, 15) is 13.2 Å². The Balaban J connectivity index is 3.01. The zero-order valence-corrected chi connectivity index (χ0v) is 14.1. The number of aromatic nitrogens is 2. The van der Waals surface area contributed by atoms with E-state index in [4.69, 9.17) is 5.73 Å². The lowest BCUT2D eigenvalue weighted by Crippen LogP contribution is -2.46. The second-order valence-electron chi connectivity index (χ2n) is 5.98. The van der Waals surface area contributed by atoms with E-state index in [0.717, 1.165) is 4.31 Å². The van der Waals surface area contributed by atoms with E-state index in [-0.39, 0.29) is 23.2 Å². The normalized spacial score (nSPS) is 12.7. The summed E-state index contributed by atoms with van der Waals surface area (Å²) in [6.07, 6.45) is 0. The zero-order valence-electron chi connectivity index (χ0n) is 13.3. The van der Waals surface area contributed by atoms with Crippen molar-refractivity contribution >= 4 is 21.7 Å². The van der Waals surface area contributed by atoms with Crippen LogP contribution in [0, 0.1) is 6.92 Å². The van der Waals surface area contributed by atoms with E-state index in [1.165, 1.54) is 11.7 Å². The van der Waals surface area contributed by atoms with Crippen molar-refractivity contribution in [3.8, 4) is 0 Å². The van der Waals surface area contributed by atoms with Crippen molar-refractivity contribution in [1.29, 1.82) is 0 Å². The summed E-state index contributed by atoms with van der Waals surface area (Å²) in [7, 11) is -0.921. The summed E-state index contributed by atoms with van der Waals surface area (Å²) in [6, 6.07) is 0. The zero-order chi connectivity index (χ0) is 16.6. The molecule has 0 radical (unpaired) electrons. The third-order valence-electron chi connectivity index (χ3n) is 2.85. The number of likely N-dealkylation sites (N-methyl/N-ethyl adjacent to an activating group) is 1. The van der Waals surface area contributed by atoms with Crippen molar-refractivity contribution in [3.05, 3.63) is 5.69 Å². The number of sulfonamides is 1. The van der Waals surface area contributed by atoms with Crippen LogP contribution in [0.25, 0.3) is 0 Å². The fourth-order valence-electron chi connectivity index (χ4n) is 1.83. The van der Waals surface area contributed by atoms with Gasteiger partial charge >= 0.3 is 0 Å². The van der Waals surface area contributed by atoms with Gasteiger partial charge in [-0.05, 0) is 27.7 Å². The summed E-state index contributed by atoms with van der Waals surface area (Å²) in [5, 5.41) is 6.60. The topological polar surface area (TPSA) is 110 Å². The largest absolute Gasteiger partial charge is 0.381 e. The van der Waals surface area contributed by atoms with Crippen LogP contribution in [-0.2, 0) is 21.9 Å². The highest BCUT2D eigenvalue weighted by atomic mass is 32.2. The third-order valence-corrected chi connectivity index (χ3v) is 4.82. The summed E-state index contributed by atoms with van der Waals surface area (Å²) in [5.41, 5.74) is 5.66. The second-order valence-corrected chi connectivity index (χ2v) is 7.96. The minimum Gasteiger partial charge on any atom is -0.381 e. The average Bonchev–Trinajstić information content (AvgIpc) is 2.49. The number of nitrogen functional groups attached to an aromatic ring is 1. The van der Waals surface area contributed by atoms with Crippen LogP contribution in [0.5, 0.6) is 0 Å². The number of anilines is 1. The van der Waals surface area contributed by atoms with Gasteiger partial charge in [-0.1, -0.05) is 0 Å². The number of nitrogens with two attached hydrogens (primary N) is 1. The van der Waals surface area contributed by atoms with Crippen LogP contribution in [0.15, 0.2) is 4.90 Å². The molecule has 0 aliphatic carbocycles. The van der Waals surface area contributed by atoms with Gasteiger partial charge in [-0.3, -0.25) is 9.48 Å². The maximum atomic E-state index is 12.5. The van der Waals surface area contributed by atoms with Crippen LogP contribution in [-0.4, -0.2) is 47.5 Å². The van der Waals surface area contributed by atoms with Crippen LogP contribution in [0.4, 0.5) is 5.82 Å². The number of carbonyl (C=O) groups is 1. The van der Waals surface area contributed by atoms with Crippen LogP contribution >= 0.6 is 0 Å². The predicted octanol–water partition coefficient (Wildman–Crippen LogP) is -0.154. The molecule has 1 rings (SSSR count). The molecular weight excluding hydrogens is 294 g/mol. The molecule has 1 aromatic heterocycles. The third kappa shape index (κ3) is 3.94. The maximum absolute atomic E-state index is 12.5. The molecule has 120 valence electrons. The Morgan fingerprint density at radius 3 is 2.33 bits per heavy atom. The van der Waals surface area contributed by atoms with Crippen molar-refractivity contribution in [1.82, 2.24) is 19.4 Å². The van der Waals surface area contributed by atoms with Gasteiger partial charge in [-0.2, -0.15) is 9.40 Å². The number of amides is 1. The average molecular weight is 317 g/mol. The molecule has 0 atom stereocenters. The Kier molecular flexibility index (Phi) is 4.69. The van der Waals surface area contributed by atoms with Gasteiger partial charge in [0.05, 0.1) is 12.2 Å². The van der Waals surface area contributed by atoms with Gasteiger partial charge in [0.25, 0.3) is 0 Å². The quantitative estimate of drug-likeness (QED) is 0.802. The van der Waals surface area contributed by atoms with Gasteiger partial charge in [0.15, 0.2) is 5.82 Å². The van der Waals surface area contributed by atoms with Gasteiger partial charge in [0, 0.05) is 19.6 Å². The predicted molar refractivity (Wildman–Crippen MR) is 80.1 cm³/mol. The van der Waals surface area contributed by atoms with E-state index in [1.807, 2.05) is 20.8 Å². The highest BCUT2D eigenvalue weighted by molar-refractivity contribution is 7.89. The molecule has 1 aromatic rings. The van der Waals surface area contributed by atoms with Gasteiger partial charge in [-0.25, -0.2) is 8.42 Å². The highest BCUT2D eigenvalue weighted by Gasteiger charge is 2.30. The number of aryl methyl sites for hydroxylation is 1. The van der Waals surface area contributed by atoms with Crippen molar-refractivity contribution < 1.29 is 13.2 Å². The standard InChI is InChI=1S/C12H23N5O3S/c1-8-10(11(13)15-17(8)6)21(19,20)16(5)7-9(18)14-12(2,3)4/h7H2,1-6H3,(H2,13,15)(H,14,18). The van der Waals surface area contributed by atoms with E-state index in [1.54, 1.807) is 14.0 Å². The molecule has 0 bridgehead atoms. The smallest absolute Gasteiger partial charge is 0.248 e. The van der Waals surface area contributed by atoms with Crippen LogP contribution in [0.1, 0.15) is 26.5 Å². The monoisotopic (exact) mass is 317 g/mol. The first-order chi connectivity index (χ1) is 9.36. The second kappa shape index (κ2) is 5.64. The lowest BCUT2D eigenvalue weighted by Gasteiger charge is -2.23. The number of rotatable bonds is 4. The van der Waals surface area contributed by atoms with Crippen LogP contribution < -0.4 is 11.1 Å². The maximum Gasteiger partial charge on any atom is 0.248 e. The fraction of sp³-hybridized carbons (Fsp3) is 0.667. The molecule has 0 unspecified atom stereocenters. The van der Waals surface area contributed by atoms with Crippen LogP contribution in [0.2, 0.25) is 0 Å². The molecule has 1 heterocycles. The van der Waals surface area contributed by atoms with Crippen molar-refractivity contribution in [2.45, 2.75) is 38.1 Å². The molecule has 9 heteroatoms. The molecular formula is C12H23N5O3S. The summed E-state index contributed by atoms with van der Waals surface area (Å²) in [6.45, 7) is 6.79. The Bertz CT molecular complexity index is 643. The molecule has 8 nitrogen and oxygen atoms in total. The number of nitrogens with one attached hydrogen (secondary N) is 1. The first kappa shape index (κ1) is 17.4. The van der Waals surface area contributed by atoms with E-state index < -0.39 is 15.6 Å². The summed E-state index contributed by atoms with van der Waals surface area (Å²) in [5.74, 6) is -0.452. The first-order valence-electron chi connectivity index (χ1n) is 6.42. The summed E-state index contributed by atoms with van der Waals surface area (Å²) >= 11 is 0. The molecule has 0 fully saturated rings. The van der Waals surface area contributed by atoms with Crippen molar-refractivity contribution in [2.24, 2.45) is 7.05 Å². The number of carbonyl (C=O) groups excluding carboxylic acids is 1. The van der Waals surface area contributed by atoms with Gasteiger partial charge in [0.1, 0.15) is 4.90 Å². The SMILES string of the molecule is Cc1c(S(=O)(=O)N(C)CC(=O)NC(C)(C)C)c(N)nn1C. The Morgan fingerprint density at radius 1 is 1.43 bits per heavy atom. The number of hydrogen-bond acceptors (Lipinski definition) is 5. The molecule has 1 amide bonds. The Labute approximate surface area is 125 Å². The van der Waals surface area contributed by atoms with Crippen molar-refractivity contribution in [2.75, 3.05) is 19.3 Å². The molecule has 0 saturated heterocycles. The molecule has 0 aromatic carbocycles. The van der Waals surface area contributed by atoms with Gasteiger partial charge < -0.3 is 11.1 Å². The molecule has 0 aliphatic rings. The Hall–Kier alpha value is -1.61. The molecule has 0 aliphatic heterocycles. The van der Waals surface area contributed by atoms with E-state index in [0.29, 0.717) is 5.69 Å².